The zero-order chi connectivity index (χ0) is 13.0. The van der Waals surface area contributed by atoms with Crippen LogP contribution in [0.2, 0.25) is 0 Å². The molecular weight excluding hydrogens is 246 g/mol. The summed E-state index contributed by atoms with van der Waals surface area (Å²) in [7, 11) is -2.23. The largest absolute Gasteiger partial charge is 0.438 e. The molecule has 0 spiro atoms. The van der Waals surface area contributed by atoms with Crippen molar-refractivity contribution in [3.05, 3.63) is 71.8 Å². The molecule has 2 aromatic rings. The zero-order valence-corrected chi connectivity index (χ0v) is 10.4. The van der Waals surface area contributed by atoms with Crippen LogP contribution in [-0.2, 0) is 19.6 Å². The Morgan fingerprint density at radius 3 is 1.61 bits per heavy atom. The first-order valence-electron chi connectivity index (χ1n) is 5.47. The van der Waals surface area contributed by atoms with Crippen molar-refractivity contribution in [2.75, 3.05) is 0 Å². The van der Waals surface area contributed by atoms with Gasteiger partial charge >= 0.3 is 0 Å². The molecule has 0 saturated heterocycles. The number of hydrogen-bond acceptors (Lipinski definition) is 4. The van der Waals surface area contributed by atoms with Gasteiger partial charge in [0.05, 0.1) is 11.0 Å². The van der Waals surface area contributed by atoms with E-state index in [2.05, 4.69) is 0 Å². The molecule has 18 heavy (non-hydrogen) atoms. The van der Waals surface area contributed by atoms with Crippen LogP contribution in [-0.4, -0.2) is 5.12 Å². The van der Waals surface area contributed by atoms with E-state index in [1.807, 2.05) is 60.7 Å². The Morgan fingerprint density at radius 1 is 0.889 bits per heavy atom. The molecule has 0 aliphatic carbocycles. The molecule has 0 radical (unpaired) electrons. The van der Waals surface area contributed by atoms with Crippen LogP contribution in [0.5, 0.6) is 0 Å². The van der Waals surface area contributed by atoms with Crippen molar-refractivity contribution >= 4 is 15.7 Å². The summed E-state index contributed by atoms with van der Waals surface area (Å²) in [5, 5.41) is -0.590. The van der Waals surface area contributed by atoms with E-state index in [1.54, 1.807) is 0 Å². The molecule has 0 saturated carbocycles. The molecule has 1 N–H and O–H groups in total. The average molecular weight is 258 g/mol. The highest BCUT2D eigenvalue weighted by Crippen LogP contribution is 2.25. The van der Waals surface area contributed by atoms with Gasteiger partial charge in [-0.05, 0) is 11.1 Å². The quantitative estimate of drug-likeness (QED) is 0.860. The van der Waals surface area contributed by atoms with Gasteiger partial charge in [0, 0.05) is 0 Å². The normalized spacial score (nSPS) is 10.8. The van der Waals surface area contributed by atoms with Crippen molar-refractivity contribution in [1.82, 2.24) is 0 Å². The van der Waals surface area contributed by atoms with Gasteiger partial charge in [-0.2, -0.15) is 0 Å². The van der Waals surface area contributed by atoms with E-state index < -0.39 is 21.6 Å². The van der Waals surface area contributed by atoms with E-state index >= 15 is 0 Å². The smallest absolute Gasteiger partial charge is 0.0965 e. The van der Waals surface area contributed by atoms with Crippen LogP contribution in [0.3, 0.4) is 0 Å². The third kappa shape index (κ3) is 2.65. The number of hydrogen-bond donors (Lipinski definition) is 1. The predicted octanol–water partition coefficient (Wildman–Crippen LogP) is 3.07. The standard InChI is InChI=1S/C14H12NO2S/c15-18(17)14(16)13(11-7-3-1-4-8-11)12-9-5-2-6-10-12/h1-10,13,15H/q-1. The summed E-state index contributed by atoms with van der Waals surface area (Å²) in [4.78, 5) is 12.0. The molecule has 0 fully saturated rings. The van der Waals surface area contributed by atoms with E-state index in [-0.39, 0.29) is 0 Å². The summed E-state index contributed by atoms with van der Waals surface area (Å²) in [6, 6.07) is 18.2. The summed E-state index contributed by atoms with van der Waals surface area (Å²) in [5.74, 6) is -0.634. The van der Waals surface area contributed by atoms with Crippen molar-refractivity contribution in [2.24, 2.45) is 0 Å². The van der Waals surface area contributed by atoms with Gasteiger partial charge < -0.3 is 13.8 Å². The molecule has 3 nitrogen and oxygen atoms in total. The molecule has 0 aliphatic heterocycles. The Balaban J connectivity index is 2.52. The van der Waals surface area contributed by atoms with Gasteiger partial charge in [-0.15, -0.1) is 10.6 Å². The first-order chi connectivity index (χ1) is 8.70. The van der Waals surface area contributed by atoms with Crippen LogP contribution in [0.15, 0.2) is 60.7 Å². The van der Waals surface area contributed by atoms with E-state index in [0.29, 0.717) is 0 Å². The predicted molar refractivity (Wildman–Crippen MR) is 70.5 cm³/mol. The fourth-order valence-corrected chi connectivity index (χ4v) is 2.35. The van der Waals surface area contributed by atoms with Gasteiger partial charge in [-0.1, -0.05) is 60.7 Å². The fourth-order valence-electron chi connectivity index (χ4n) is 1.86. The highest BCUT2D eigenvalue weighted by molar-refractivity contribution is 7.90. The maximum Gasteiger partial charge on any atom is 0.0965 e. The van der Waals surface area contributed by atoms with Crippen LogP contribution in [0, 0.1) is 4.78 Å². The molecule has 0 atom stereocenters. The van der Waals surface area contributed by atoms with Crippen molar-refractivity contribution in [3.63, 3.8) is 0 Å². The fraction of sp³-hybridized carbons (Fsp3) is 0.0714. The van der Waals surface area contributed by atoms with Gasteiger partial charge in [-0.3, -0.25) is 0 Å². The van der Waals surface area contributed by atoms with Crippen LogP contribution in [0.1, 0.15) is 17.0 Å². The number of carbonyl (C=O) groups is 1. The SMILES string of the molecule is N=[S-](=O)C(=O)C(c1ccccc1)c1ccccc1. The van der Waals surface area contributed by atoms with Crippen molar-refractivity contribution in [1.29, 1.82) is 4.78 Å². The Morgan fingerprint density at radius 2 is 1.28 bits per heavy atom. The molecule has 0 aliphatic rings. The highest BCUT2D eigenvalue weighted by atomic mass is 32.2. The zero-order valence-electron chi connectivity index (χ0n) is 9.58. The van der Waals surface area contributed by atoms with Crippen LogP contribution in [0.4, 0.5) is 0 Å². The van der Waals surface area contributed by atoms with Crippen LogP contribution in [0.25, 0.3) is 0 Å². The van der Waals surface area contributed by atoms with Crippen molar-refractivity contribution < 1.29 is 9.00 Å². The summed E-state index contributed by atoms with van der Waals surface area (Å²) >= 11 is 0. The topological polar surface area (TPSA) is 58.0 Å². The molecule has 2 aromatic carbocycles. The third-order valence-electron chi connectivity index (χ3n) is 2.68. The monoisotopic (exact) mass is 258 g/mol. The maximum absolute atomic E-state index is 12.0. The highest BCUT2D eigenvalue weighted by Gasteiger charge is 2.17. The lowest BCUT2D eigenvalue weighted by atomic mass is 9.92. The first-order valence-corrected chi connectivity index (χ1v) is 6.62. The van der Waals surface area contributed by atoms with Crippen molar-refractivity contribution in [2.45, 2.75) is 5.92 Å². The molecule has 0 bridgehead atoms. The van der Waals surface area contributed by atoms with Gasteiger partial charge in [-0.25, -0.2) is 0 Å². The van der Waals surface area contributed by atoms with Crippen LogP contribution < -0.4 is 0 Å². The molecule has 0 unspecified atom stereocenters. The summed E-state index contributed by atoms with van der Waals surface area (Å²) in [5.41, 5.74) is 1.52. The molecule has 92 valence electrons. The van der Waals surface area contributed by atoms with Crippen molar-refractivity contribution in [3.8, 4) is 0 Å². The Hall–Kier alpha value is -1.94. The second-order valence-electron chi connectivity index (χ2n) is 3.84. The van der Waals surface area contributed by atoms with Gasteiger partial charge in [0.1, 0.15) is 0 Å². The van der Waals surface area contributed by atoms with Crippen LogP contribution >= 0.6 is 0 Å². The van der Waals surface area contributed by atoms with Gasteiger partial charge in [0.2, 0.25) is 0 Å². The second kappa shape index (κ2) is 5.60. The minimum absolute atomic E-state index is 0.590. The Labute approximate surface area is 107 Å². The van der Waals surface area contributed by atoms with Gasteiger partial charge in [0.15, 0.2) is 0 Å². The van der Waals surface area contributed by atoms with E-state index in [0.717, 1.165) is 11.1 Å². The number of carbonyl (C=O) groups excluding carboxylic acids is 1. The van der Waals surface area contributed by atoms with E-state index in [9.17, 15) is 9.00 Å². The number of rotatable bonds is 3. The number of nitrogens with one attached hydrogen (secondary N) is 1. The molecule has 4 heteroatoms. The van der Waals surface area contributed by atoms with Gasteiger partial charge in [0.25, 0.3) is 0 Å². The lowest BCUT2D eigenvalue weighted by Gasteiger charge is -2.18. The summed E-state index contributed by atoms with van der Waals surface area (Å²) in [6.07, 6.45) is 0. The minimum Gasteiger partial charge on any atom is -0.438 e. The lowest BCUT2D eigenvalue weighted by molar-refractivity contribution is -0.111. The average Bonchev–Trinajstić information content (AvgIpc) is 2.41. The summed E-state index contributed by atoms with van der Waals surface area (Å²) in [6.45, 7) is 0. The molecule has 2 rings (SSSR count). The molecular formula is C14H12NO2S-. The minimum atomic E-state index is -2.23. The Kier molecular flexibility index (Phi) is 3.89. The maximum atomic E-state index is 12.0. The molecule has 0 heterocycles. The lowest BCUT2D eigenvalue weighted by Crippen LogP contribution is -2.14. The molecule has 0 aromatic heterocycles. The van der Waals surface area contributed by atoms with E-state index in [4.69, 9.17) is 4.78 Å². The third-order valence-corrected chi connectivity index (χ3v) is 3.29. The van der Waals surface area contributed by atoms with E-state index in [1.165, 1.54) is 0 Å². The Bertz CT molecular complexity index is 559. The second-order valence-corrected chi connectivity index (χ2v) is 4.78. The first kappa shape index (κ1) is 12.5. The number of benzene rings is 2. The summed E-state index contributed by atoms with van der Waals surface area (Å²) < 4.78 is 18.3. The molecule has 0 amide bonds.